The summed E-state index contributed by atoms with van der Waals surface area (Å²) in [6.45, 7) is 3.19. The lowest BCUT2D eigenvalue weighted by atomic mass is 10.7. The molecule has 0 aromatic carbocycles. The van der Waals surface area contributed by atoms with E-state index in [2.05, 4.69) is 4.99 Å². The van der Waals surface area contributed by atoms with Gasteiger partial charge in [0.1, 0.15) is 6.79 Å². The molecule has 0 unspecified atom stereocenters. The van der Waals surface area contributed by atoms with E-state index in [9.17, 15) is 0 Å². The van der Waals surface area contributed by atoms with Crippen LogP contribution in [-0.4, -0.2) is 25.8 Å². The number of hydrogen-bond donors (Lipinski definition) is 4. The van der Waals surface area contributed by atoms with Gasteiger partial charge < -0.3 is 27.7 Å². The summed E-state index contributed by atoms with van der Waals surface area (Å²) in [5.41, 5.74) is 19.2. The van der Waals surface area contributed by atoms with Crippen LogP contribution < -0.4 is 22.9 Å². The molecule has 8 N–H and O–H groups in total. The number of hydrogen-bond acceptors (Lipinski definition) is 5. The lowest BCUT2D eigenvalue weighted by molar-refractivity contribution is -0.0979. The molecule has 0 amide bonds. The molecule has 0 fully saturated rings. The highest BCUT2D eigenvalue weighted by molar-refractivity contribution is 5.76. The first-order valence-electron chi connectivity index (χ1n) is 2.85. The van der Waals surface area contributed by atoms with E-state index in [-0.39, 0.29) is 5.96 Å². The van der Waals surface area contributed by atoms with Crippen molar-refractivity contribution in [3.8, 4) is 6.19 Å². The fourth-order valence-corrected chi connectivity index (χ4v) is 0.0577. The maximum absolute atomic E-state index is 8.00. The fourth-order valence-electron chi connectivity index (χ4n) is 0.0577. The summed E-state index contributed by atoms with van der Waals surface area (Å²) in [5.74, 6) is -0.197. The molecule has 0 bridgehead atoms. The maximum atomic E-state index is 8.00. The summed E-state index contributed by atoms with van der Waals surface area (Å²) in [4.78, 5) is 10.9. The maximum Gasteiger partial charge on any atom is 0.209 e. The third-order valence-electron chi connectivity index (χ3n) is 0.346. The van der Waals surface area contributed by atoms with Gasteiger partial charge in [-0.15, -0.1) is 4.99 Å². The third kappa shape index (κ3) is 81.7. The molecule has 0 aliphatic heterocycles. The molecule has 0 atom stereocenters. The molecule has 0 spiro atoms. The summed E-state index contributed by atoms with van der Waals surface area (Å²) >= 11 is 0. The Morgan fingerprint density at radius 3 is 1.67 bits per heavy atom. The van der Waals surface area contributed by atoms with Gasteiger partial charge in [0, 0.05) is 13.1 Å². The van der Waals surface area contributed by atoms with Crippen LogP contribution in [0.2, 0.25) is 0 Å². The van der Waals surface area contributed by atoms with Crippen LogP contribution in [0.1, 0.15) is 0 Å². The Hall–Kier alpha value is -1.65. The number of nitrogens with zero attached hydrogens (tertiary/aromatic N) is 2. The van der Waals surface area contributed by atoms with E-state index in [4.69, 9.17) is 33.0 Å². The number of nitrogens with two attached hydrogens (primary N) is 4. The van der Waals surface area contributed by atoms with Crippen LogP contribution in [0.3, 0.4) is 0 Å². The molecule has 12 heavy (non-hydrogen) atoms. The second kappa shape index (κ2) is 22.8. The fraction of sp³-hybridized carbons (Fsp3) is 0.400. The van der Waals surface area contributed by atoms with Gasteiger partial charge in [-0.3, -0.25) is 0 Å². The van der Waals surface area contributed by atoms with Gasteiger partial charge >= 0.3 is 0 Å². The van der Waals surface area contributed by atoms with Crippen LogP contribution in [0.5, 0.6) is 0 Å². The molecular weight excluding hydrogens is 160 g/mol. The zero-order chi connectivity index (χ0) is 10.4. The minimum Gasteiger partial charge on any atom is -0.369 e. The third-order valence-corrected chi connectivity index (χ3v) is 0.346. The lowest BCUT2D eigenvalue weighted by Crippen LogP contribution is -2.21. The van der Waals surface area contributed by atoms with Gasteiger partial charge in [0.05, 0.1) is 0 Å². The molecule has 0 radical (unpaired) electrons. The highest BCUT2D eigenvalue weighted by Gasteiger charge is 1.67. The van der Waals surface area contributed by atoms with Gasteiger partial charge in [0.2, 0.25) is 12.2 Å². The van der Waals surface area contributed by atoms with Crippen molar-refractivity contribution in [1.29, 1.82) is 5.26 Å². The van der Waals surface area contributed by atoms with Crippen molar-refractivity contribution in [2.45, 2.75) is 0 Å². The highest BCUT2D eigenvalue weighted by atomic mass is 16.1. The van der Waals surface area contributed by atoms with Crippen molar-refractivity contribution >= 4 is 12.7 Å². The van der Waals surface area contributed by atoms with Crippen LogP contribution in [0.15, 0.2) is 4.99 Å². The Kier molecular flexibility index (Phi) is 31.8. The first kappa shape index (κ1) is 16.7. The Morgan fingerprint density at radius 2 is 1.67 bits per heavy atom. The van der Waals surface area contributed by atoms with E-state index >= 15 is 0 Å². The second-order valence-electron chi connectivity index (χ2n) is 1.21. The van der Waals surface area contributed by atoms with Crippen molar-refractivity contribution in [1.82, 2.24) is 0 Å². The van der Waals surface area contributed by atoms with Crippen LogP contribution >= 0.6 is 0 Å². The molecule has 7 nitrogen and oxygen atoms in total. The van der Waals surface area contributed by atoms with Crippen molar-refractivity contribution in [3.05, 3.63) is 0 Å². The minimum atomic E-state index is -0.197. The molecule has 7 heteroatoms. The number of rotatable bonds is 1. The minimum absolute atomic E-state index is 0.197. The quantitative estimate of drug-likeness (QED) is 0.195. The normalized spacial score (nSPS) is 5.75. The topological polar surface area (TPSA) is 157 Å². The predicted octanol–water partition coefficient (Wildman–Crippen LogP) is -2.54. The standard InChI is InChI=1S/C2H4N4.C2H8N2.CH2O/c3-1-6-2(4)5;3-1-2-4;1-2/h(H4,4,5,6);1-4H2;1H2. The molecule has 0 saturated heterocycles. The van der Waals surface area contributed by atoms with Gasteiger partial charge in [-0.05, 0) is 0 Å². The second-order valence-corrected chi connectivity index (χ2v) is 1.21. The van der Waals surface area contributed by atoms with Crippen molar-refractivity contribution in [2.24, 2.45) is 27.9 Å². The number of guanidine groups is 1. The monoisotopic (exact) mass is 174 g/mol. The number of aliphatic imine (C=N–C) groups is 1. The van der Waals surface area contributed by atoms with Crippen LogP contribution in [-0.2, 0) is 4.79 Å². The van der Waals surface area contributed by atoms with E-state index in [1.54, 1.807) is 0 Å². The van der Waals surface area contributed by atoms with Gasteiger partial charge in [-0.1, -0.05) is 0 Å². The first-order chi connectivity index (χ1) is 5.68. The molecule has 0 saturated carbocycles. The highest BCUT2D eigenvalue weighted by Crippen LogP contribution is 1.49. The summed E-state index contributed by atoms with van der Waals surface area (Å²) in [7, 11) is 0. The SMILES string of the molecule is C=O.N#CN=C(N)N.NCCN. The van der Waals surface area contributed by atoms with E-state index < -0.39 is 0 Å². The first-order valence-corrected chi connectivity index (χ1v) is 2.85. The lowest BCUT2D eigenvalue weighted by Gasteiger charge is -1.74. The van der Waals surface area contributed by atoms with Gasteiger partial charge in [-0.25, -0.2) is 0 Å². The van der Waals surface area contributed by atoms with Crippen LogP contribution in [0, 0.1) is 11.5 Å². The Morgan fingerprint density at radius 1 is 1.33 bits per heavy atom. The summed E-state index contributed by atoms with van der Waals surface area (Å²) < 4.78 is 0. The van der Waals surface area contributed by atoms with Crippen molar-refractivity contribution in [2.75, 3.05) is 13.1 Å². The molecule has 0 heterocycles. The van der Waals surface area contributed by atoms with E-state index in [1.807, 2.05) is 6.79 Å². The molecule has 70 valence electrons. The molecule has 0 aliphatic carbocycles. The Balaban J connectivity index is -0.000000118. The van der Waals surface area contributed by atoms with Crippen molar-refractivity contribution in [3.63, 3.8) is 0 Å². The van der Waals surface area contributed by atoms with Crippen LogP contribution in [0.4, 0.5) is 0 Å². The van der Waals surface area contributed by atoms with Crippen LogP contribution in [0.25, 0.3) is 0 Å². The largest absolute Gasteiger partial charge is 0.369 e. The zero-order valence-electron chi connectivity index (χ0n) is 6.73. The predicted molar refractivity (Wildman–Crippen MR) is 46.7 cm³/mol. The Labute approximate surface area is 71.0 Å². The number of carbonyl (C=O) groups is 1. The molecule has 0 aromatic heterocycles. The van der Waals surface area contributed by atoms with Gasteiger partial charge in [0.25, 0.3) is 0 Å². The number of nitriles is 1. The average molecular weight is 174 g/mol. The summed E-state index contributed by atoms with van der Waals surface area (Å²) in [5, 5.41) is 7.64. The average Bonchev–Trinajstić information content (AvgIpc) is 2.08. The summed E-state index contributed by atoms with van der Waals surface area (Å²) in [6.07, 6.45) is 1.41. The molecule has 0 aromatic rings. The summed E-state index contributed by atoms with van der Waals surface area (Å²) in [6, 6.07) is 0. The zero-order valence-corrected chi connectivity index (χ0v) is 6.73. The van der Waals surface area contributed by atoms with E-state index in [0.29, 0.717) is 13.1 Å². The molecular formula is C5H14N6O. The smallest absolute Gasteiger partial charge is 0.209 e. The number of carbonyl (C=O) groups excluding carboxylic acids is 1. The molecule has 0 aliphatic rings. The van der Waals surface area contributed by atoms with E-state index in [1.165, 1.54) is 6.19 Å². The van der Waals surface area contributed by atoms with Crippen molar-refractivity contribution < 1.29 is 4.79 Å². The van der Waals surface area contributed by atoms with Gasteiger partial charge in [-0.2, -0.15) is 5.26 Å². The van der Waals surface area contributed by atoms with E-state index in [0.717, 1.165) is 0 Å². The molecule has 0 rings (SSSR count). The Bertz CT molecular complexity index is 133. The van der Waals surface area contributed by atoms with Gasteiger partial charge in [0.15, 0.2) is 0 Å².